The van der Waals surface area contributed by atoms with Crippen LogP contribution in [0.2, 0.25) is 0 Å². The zero-order valence-electron chi connectivity index (χ0n) is 15.5. The molecule has 0 saturated heterocycles. The fraction of sp³-hybridized carbons (Fsp3) is 0.286. The van der Waals surface area contributed by atoms with E-state index in [1.54, 1.807) is 6.07 Å². The van der Waals surface area contributed by atoms with Crippen molar-refractivity contribution in [3.05, 3.63) is 65.5 Å². The van der Waals surface area contributed by atoms with Gasteiger partial charge >= 0.3 is 0 Å². The first-order chi connectivity index (χ1) is 13.7. The highest BCUT2D eigenvalue weighted by Gasteiger charge is 2.24. The number of aryl methyl sites for hydroxylation is 1. The highest BCUT2D eigenvalue weighted by molar-refractivity contribution is 5.54. The van der Waals surface area contributed by atoms with Gasteiger partial charge in [0.25, 0.3) is 0 Å². The molecule has 2 aliphatic heterocycles. The first-order valence-corrected chi connectivity index (χ1v) is 9.30. The lowest BCUT2D eigenvalue weighted by molar-refractivity contribution is 0.174. The Bertz CT molecular complexity index is 1030. The largest absolute Gasteiger partial charge is 0.456 e. The van der Waals surface area contributed by atoms with Crippen LogP contribution in [0.5, 0.6) is 23.0 Å². The van der Waals surface area contributed by atoms with Crippen molar-refractivity contribution in [1.82, 2.24) is 14.5 Å². The molecule has 0 saturated carbocycles. The van der Waals surface area contributed by atoms with Gasteiger partial charge in [0.15, 0.2) is 11.5 Å². The predicted molar refractivity (Wildman–Crippen MR) is 99.9 cm³/mol. The van der Waals surface area contributed by atoms with Crippen molar-refractivity contribution in [2.75, 3.05) is 6.79 Å². The van der Waals surface area contributed by atoms with E-state index in [4.69, 9.17) is 14.2 Å². The average molecular weight is 381 g/mol. The quantitative estimate of drug-likeness (QED) is 0.684. The van der Waals surface area contributed by atoms with Crippen molar-refractivity contribution in [2.45, 2.75) is 33.1 Å². The Morgan fingerprint density at radius 3 is 2.64 bits per heavy atom. The maximum Gasteiger partial charge on any atom is 0.231 e. The summed E-state index contributed by atoms with van der Waals surface area (Å²) >= 11 is 0. The van der Waals surface area contributed by atoms with Gasteiger partial charge in [0, 0.05) is 55.6 Å². The number of hydrogen-bond donors (Lipinski definition) is 0. The zero-order valence-corrected chi connectivity index (χ0v) is 15.5. The van der Waals surface area contributed by atoms with Crippen molar-refractivity contribution in [2.24, 2.45) is 0 Å². The number of hydrogen-bond acceptors (Lipinski definition) is 5. The Morgan fingerprint density at radius 2 is 1.79 bits per heavy atom. The lowest BCUT2D eigenvalue weighted by Gasteiger charge is -2.28. The molecular formula is C21H20FN3O3. The van der Waals surface area contributed by atoms with Gasteiger partial charge in [0.2, 0.25) is 6.79 Å². The molecule has 0 atom stereocenters. The molecule has 0 amide bonds. The minimum Gasteiger partial charge on any atom is -0.456 e. The third-order valence-electron chi connectivity index (χ3n) is 5.12. The summed E-state index contributed by atoms with van der Waals surface area (Å²) in [5, 5.41) is 0. The number of rotatable bonds is 3. The molecule has 0 unspecified atom stereocenters. The van der Waals surface area contributed by atoms with Crippen LogP contribution >= 0.6 is 0 Å². The minimum absolute atomic E-state index is 0.197. The fourth-order valence-electron chi connectivity index (χ4n) is 3.70. The Hall–Kier alpha value is -3.06. The molecule has 144 valence electrons. The van der Waals surface area contributed by atoms with Crippen molar-refractivity contribution in [3.8, 4) is 23.0 Å². The molecule has 0 bridgehead atoms. The van der Waals surface area contributed by atoms with E-state index in [-0.39, 0.29) is 12.6 Å². The van der Waals surface area contributed by atoms with Gasteiger partial charge in [0.1, 0.15) is 17.3 Å². The highest BCUT2D eigenvalue weighted by atomic mass is 19.1. The monoisotopic (exact) mass is 381 g/mol. The first kappa shape index (κ1) is 17.1. The molecule has 28 heavy (non-hydrogen) atoms. The molecule has 3 aromatic rings. The Morgan fingerprint density at radius 1 is 1.00 bits per heavy atom. The van der Waals surface area contributed by atoms with Crippen LogP contribution < -0.4 is 14.2 Å². The van der Waals surface area contributed by atoms with Crippen LogP contribution in [0.4, 0.5) is 4.39 Å². The highest BCUT2D eigenvalue weighted by Crippen LogP contribution is 2.42. The predicted octanol–water partition coefficient (Wildman–Crippen LogP) is 4.08. The SMILES string of the molecule is CCn1cncc1CN1Cc2ccc(F)cc2Oc2cc3c(cc2C1)OCO3. The Labute approximate surface area is 162 Å². The van der Waals surface area contributed by atoms with Crippen LogP contribution in [-0.2, 0) is 26.2 Å². The van der Waals surface area contributed by atoms with Crippen LogP contribution in [0.1, 0.15) is 23.7 Å². The van der Waals surface area contributed by atoms with Gasteiger partial charge in [-0.25, -0.2) is 9.37 Å². The Kier molecular flexibility index (Phi) is 4.16. The van der Waals surface area contributed by atoms with E-state index in [0.29, 0.717) is 36.1 Å². The van der Waals surface area contributed by atoms with Crippen LogP contribution in [0.15, 0.2) is 42.9 Å². The van der Waals surface area contributed by atoms with E-state index in [0.717, 1.165) is 29.9 Å². The molecule has 0 N–H and O–H groups in total. The summed E-state index contributed by atoms with van der Waals surface area (Å²) in [4.78, 5) is 6.57. The molecule has 3 heterocycles. The molecule has 0 fully saturated rings. The first-order valence-electron chi connectivity index (χ1n) is 9.30. The summed E-state index contributed by atoms with van der Waals surface area (Å²) in [5.74, 6) is 2.21. The summed E-state index contributed by atoms with van der Waals surface area (Å²) in [7, 11) is 0. The molecule has 0 aliphatic carbocycles. The molecule has 1 aromatic heterocycles. The molecule has 5 rings (SSSR count). The number of halogens is 1. The lowest BCUT2D eigenvalue weighted by atomic mass is 10.1. The van der Waals surface area contributed by atoms with E-state index in [1.807, 2.05) is 24.7 Å². The molecule has 7 heteroatoms. The van der Waals surface area contributed by atoms with E-state index < -0.39 is 0 Å². The number of fused-ring (bicyclic) bond motifs is 3. The Balaban J connectivity index is 1.56. The van der Waals surface area contributed by atoms with E-state index >= 15 is 0 Å². The van der Waals surface area contributed by atoms with Gasteiger partial charge < -0.3 is 18.8 Å². The van der Waals surface area contributed by atoms with Crippen molar-refractivity contribution in [3.63, 3.8) is 0 Å². The van der Waals surface area contributed by atoms with Gasteiger partial charge in [-0.2, -0.15) is 0 Å². The summed E-state index contributed by atoms with van der Waals surface area (Å²) in [6, 6.07) is 8.47. The summed E-state index contributed by atoms with van der Waals surface area (Å²) < 4.78 is 33.1. The van der Waals surface area contributed by atoms with Gasteiger partial charge in [-0.15, -0.1) is 0 Å². The molecular weight excluding hydrogens is 361 g/mol. The van der Waals surface area contributed by atoms with Gasteiger partial charge in [-0.05, 0) is 19.1 Å². The normalized spacial score (nSPS) is 15.4. The fourth-order valence-corrected chi connectivity index (χ4v) is 3.70. The molecule has 6 nitrogen and oxygen atoms in total. The van der Waals surface area contributed by atoms with Crippen molar-refractivity contribution >= 4 is 0 Å². The number of aromatic nitrogens is 2. The topological polar surface area (TPSA) is 48.8 Å². The maximum absolute atomic E-state index is 13.9. The van der Waals surface area contributed by atoms with Gasteiger partial charge in [-0.1, -0.05) is 6.07 Å². The molecule has 0 spiro atoms. The molecule has 2 aliphatic rings. The third kappa shape index (κ3) is 3.07. The average Bonchev–Trinajstić information content (AvgIpc) is 3.31. The summed E-state index contributed by atoms with van der Waals surface area (Å²) in [6.45, 7) is 5.18. The van der Waals surface area contributed by atoms with Gasteiger partial charge in [-0.3, -0.25) is 4.90 Å². The summed E-state index contributed by atoms with van der Waals surface area (Å²) in [5.41, 5.74) is 3.05. The van der Waals surface area contributed by atoms with E-state index in [9.17, 15) is 4.39 Å². The smallest absolute Gasteiger partial charge is 0.231 e. The number of ether oxygens (including phenoxy) is 3. The number of benzene rings is 2. The van der Waals surface area contributed by atoms with Crippen LogP contribution in [-0.4, -0.2) is 21.2 Å². The van der Waals surface area contributed by atoms with Crippen LogP contribution in [0, 0.1) is 5.82 Å². The van der Waals surface area contributed by atoms with Crippen molar-refractivity contribution < 1.29 is 18.6 Å². The molecule has 2 aromatic carbocycles. The summed E-state index contributed by atoms with van der Waals surface area (Å²) in [6.07, 6.45) is 3.74. The second-order valence-electron chi connectivity index (χ2n) is 6.98. The van der Waals surface area contributed by atoms with Crippen LogP contribution in [0.3, 0.4) is 0 Å². The zero-order chi connectivity index (χ0) is 19.1. The third-order valence-corrected chi connectivity index (χ3v) is 5.12. The lowest BCUT2D eigenvalue weighted by Crippen LogP contribution is -2.25. The van der Waals surface area contributed by atoms with Crippen LogP contribution in [0.25, 0.3) is 0 Å². The van der Waals surface area contributed by atoms with E-state index in [2.05, 4.69) is 21.4 Å². The van der Waals surface area contributed by atoms with Gasteiger partial charge in [0.05, 0.1) is 12.0 Å². The maximum atomic E-state index is 13.9. The number of nitrogens with zero attached hydrogens (tertiary/aromatic N) is 3. The second kappa shape index (κ2) is 6.83. The van der Waals surface area contributed by atoms with Crippen molar-refractivity contribution in [1.29, 1.82) is 0 Å². The minimum atomic E-state index is -0.322. The number of imidazole rings is 1. The standard InChI is InChI=1S/C21H20FN3O3/c1-2-25-12-23-8-17(25)11-24-9-14-3-4-16(22)6-18(14)28-19-7-21-20(26-13-27-21)5-15(19)10-24/h3-8,12H,2,9-11,13H2,1H3. The molecule has 0 radical (unpaired) electrons. The second-order valence-corrected chi connectivity index (χ2v) is 6.98. The van der Waals surface area contributed by atoms with E-state index in [1.165, 1.54) is 12.1 Å².